The summed E-state index contributed by atoms with van der Waals surface area (Å²) in [5, 5.41) is 2.31. The number of rotatable bonds is 7. The Balaban J connectivity index is 1.98. The van der Waals surface area contributed by atoms with Gasteiger partial charge in [0.2, 0.25) is 5.79 Å². The van der Waals surface area contributed by atoms with Gasteiger partial charge in [0.05, 0.1) is 7.11 Å². The maximum Gasteiger partial charge on any atom is 0.229 e. The van der Waals surface area contributed by atoms with E-state index in [4.69, 9.17) is 14.2 Å². The summed E-state index contributed by atoms with van der Waals surface area (Å²) in [6, 6.07) is 12.3. The number of hydrogen-bond acceptors (Lipinski definition) is 4. The van der Waals surface area contributed by atoms with Crippen LogP contribution in [-0.2, 0) is 20.7 Å². The van der Waals surface area contributed by atoms with Crippen molar-refractivity contribution >= 4 is 16.6 Å². The lowest BCUT2D eigenvalue weighted by molar-refractivity contribution is -0.230. The third-order valence-corrected chi connectivity index (χ3v) is 5.48. The van der Waals surface area contributed by atoms with E-state index in [2.05, 4.69) is 18.2 Å². The summed E-state index contributed by atoms with van der Waals surface area (Å²) in [4.78, 5) is 13.5. The standard InChI is InChI=1S/C23H30O4/c1-4-26-23(27-5-2)15-9-8-11-18(22(23)24)16-20-19-12-7-6-10-17(19)13-14-21(20)25-3/h6-7,10,12-14,18H,4-5,8-9,11,15-16H2,1-3H3. The highest BCUT2D eigenvalue weighted by atomic mass is 16.7. The van der Waals surface area contributed by atoms with Gasteiger partial charge in [-0.25, -0.2) is 0 Å². The molecule has 0 saturated heterocycles. The molecule has 2 aromatic carbocycles. The average molecular weight is 370 g/mol. The van der Waals surface area contributed by atoms with E-state index in [0.29, 0.717) is 26.1 Å². The monoisotopic (exact) mass is 370 g/mol. The van der Waals surface area contributed by atoms with Crippen LogP contribution in [0, 0.1) is 5.92 Å². The van der Waals surface area contributed by atoms with Gasteiger partial charge in [0, 0.05) is 31.1 Å². The van der Waals surface area contributed by atoms with Crippen LogP contribution in [0.5, 0.6) is 5.75 Å². The second kappa shape index (κ2) is 8.85. The number of benzene rings is 2. The number of carbonyl (C=O) groups is 1. The van der Waals surface area contributed by atoms with Gasteiger partial charge in [-0.15, -0.1) is 0 Å². The largest absolute Gasteiger partial charge is 0.496 e. The Hall–Kier alpha value is -1.91. The van der Waals surface area contributed by atoms with E-state index < -0.39 is 5.79 Å². The number of ether oxygens (including phenoxy) is 3. The van der Waals surface area contributed by atoms with Crippen molar-refractivity contribution < 1.29 is 19.0 Å². The summed E-state index contributed by atoms with van der Waals surface area (Å²) in [6.45, 7) is 4.77. The quantitative estimate of drug-likeness (QED) is 0.513. The Bertz CT molecular complexity index is 777. The number of ketones is 1. The molecule has 1 saturated carbocycles. The summed E-state index contributed by atoms with van der Waals surface area (Å²) in [5.74, 6) is -0.309. The number of methoxy groups -OCH3 is 1. The molecule has 1 atom stereocenters. The maximum atomic E-state index is 13.5. The highest BCUT2D eigenvalue weighted by Gasteiger charge is 2.45. The van der Waals surface area contributed by atoms with Crippen molar-refractivity contribution in [1.29, 1.82) is 0 Å². The first-order valence-electron chi connectivity index (χ1n) is 10.0. The van der Waals surface area contributed by atoms with Crippen molar-refractivity contribution in [2.75, 3.05) is 20.3 Å². The van der Waals surface area contributed by atoms with Crippen molar-refractivity contribution in [2.24, 2.45) is 5.92 Å². The summed E-state index contributed by atoms with van der Waals surface area (Å²) in [6.07, 6.45) is 4.08. The molecule has 146 valence electrons. The van der Waals surface area contributed by atoms with Gasteiger partial charge in [0.1, 0.15) is 5.75 Å². The number of fused-ring (bicyclic) bond motifs is 1. The van der Waals surface area contributed by atoms with E-state index in [1.165, 1.54) is 0 Å². The highest BCUT2D eigenvalue weighted by Crippen LogP contribution is 2.37. The first-order chi connectivity index (χ1) is 13.1. The molecule has 0 radical (unpaired) electrons. The van der Waals surface area contributed by atoms with E-state index in [1.54, 1.807) is 7.11 Å². The zero-order valence-corrected chi connectivity index (χ0v) is 16.6. The normalized spacial score (nSPS) is 19.8. The van der Waals surface area contributed by atoms with E-state index in [1.807, 2.05) is 32.0 Å². The summed E-state index contributed by atoms with van der Waals surface area (Å²) in [7, 11) is 1.69. The van der Waals surface area contributed by atoms with Crippen LogP contribution in [0.15, 0.2) is 36.4 Å². The first-order valence-corrected chi connectivity index (χ1v) is 10.0. The minimum Gasteiger partial charge on any atom is -0.496 e. The summed E-state index contributed by atoms with van der Waals surface area (Å²) < 4.78 is 17.5. The zero-order valence-electron chi connectivity index (χ0n) is 16.6. The van der Waals surface area contributed by atoms with Crippen LogP contribution in [0.1, 0.15) is 45.1 Å². The van der Waals surface area contributed by atoms with E-state index in [9.17, 15) is 4.79 Å². The minimum atomic E-state index is -1.09. The van der Waals surface area contributed by atoms with Crippen LogP contribution in [0.3, 0.4) is 0 Å². The van der Waals surface area contributed by atoms with E-state index >= 15 is 0 Å². The molecule has 0 aliphatic heterocycles. The van der Waals surface area contributed by atoms with Crippen molar-refractivity contribution in [1.82, 2.24) is 0 Å². The van der Waals surface area contributed by atoms with Gasteiger partial charge in [-0.05, 0) is 49.9 Å². The molecule has 1 aliphatic carbocycles. The van der Waals surface area contributed by atoms with Gasteiger partial charge in [-0.1, -0.05) is 36.8 Å². The van der Waals surface area contributed by atoms with Crippen molar-refractivity contribution in [3.8, 4) is 5.75 Å². The molecular formula is C23H30O4. The maximum absolute atomic E-state index is 13.5. The van der Waals surface area contributed by atoms with Gasteiger partial charge in [-0.3, -0.25) is 4.79 Å². The van der Waals surface area contributed by atoms with Gasteiger partial charge in [0.25, 0.3) is 0 Å². The van der Waals surface area contributed by atoms with Crippen LogP contribution in [0.2, 0.25) is 0 Å². The molecule has 1 unspecified atom stereocenters. The van der Waals surface area contributed by atoms with Gasteiger partial charge in [0.15, 0.2) is 5.78 Å². The van der Waals surface area contributed by atoms with Crippen LogP contribution in [0.4, 0.5) is 0 Å². The minimum absolute atomic E-state index is 0.0821. The molecule has 1 aliphatic rings. The van der Waals surface area contributed by atoms with Crippen molar-refractivity contribution in [2.45, 2.75) is 51.7 Å². The van der Waals surface area contributed by atoms with Gasteiger partial charge in [-0.2, -0.15) is 0 Å². The lowest BCUT2D eigenvalue weighted by Gasteiger charge is -2.33. The molecule has 2 aromatic rings. The Morgan fingerprint density at radius 2 is 1.78 bits per heavy atom. The Kier molecular flexibility index (Phi) is 6.51. The highest BCUT2D eigenvalue weighted by molar-refractivity contribution is 5.91. The van der Waals surface area contributed by atoms with Gasteiger partial charge >= 0.3 is 0 Å². The number of hydrogen-bond donors (Lipinski definition) is 0. The average Bonchev–Trinajstić information content (AvgIpc) is 2.83. The van der Waals surface area contributed by atoms with Crippen LogP contribution >= 0.6 is 0 Å². The molecule has 0 N–H and O–H groups in total. The predicted octanol–water partition coefficient (Wildman–Crippen LogP) is 4.92. The third-order valence-electron chi connectivity index (χ3n) is 5.48. The Morgan fingerprint density at radius 1 is 1.04 bits per heavy atom. The topological polar surface area (TPSA) is 44.8 Å². The molecule has 0 amide bonds. The molecule has 4 nitrogen and oxygen atoms in total. The smallest absolute Gasteiger partial charge is 0.229 e. The van der Waals surface area contributed by atoms with E-state index in [0.717, 1.165) is 41.3 Å². The molecule has 4 heteroatoms. The molecule has 0 heterocycles. The second-order valence-corrected chi connectivity index (χ2v) is 7.10. The molecular weight excluding hydrogens is 340 g/mol. The van der Waals surface area contributed by atoms with Crippen molar-refractivity contribution in [3.63, 3.8) is 0 Å². The fourth-order valence-corrected chi connectivity index (χ4v) is 4.27. The molecule has 27 heavy (non-hydrogen) atoms. The lowest BCUT2D eigenvalue weighted by Crippen LogP contribution is -2.47. The molecule has 0 bridgehead atoms. The fourth-order valence-electron chi connectivity index (χ4n) is 4.27. The third kappa shape index (κ3) is 4.02. The molecule has 3 rings (SSSR count). The van der Waals surface area contributed by atoms with E-state index in [-0.39, 0.29) is 11.7 Å². The number of carbonyl (C=O) groups excluding carboxylic acids is 1. The summed E-state index contributed by atoms with van der Waals surface area (Å²) >= 11 is 0. The van der Waals surface area contributed by atoms with Gasteiger partial charge < -0.3 is 14.2 Å². The first kappa shape index (κ1) is 19.8. The van der Waals surface area contributed by atoms with Crippen LogP contribution in [0.25, 0.3) is 10.8 Å². The predicted molar refractivity (Wildman–Crippen MR) is 107 cm³/mol. The second-order valence-electron chi connectivity index (χ2n) is 7.10. The van der Waals surface area contributed by atoms with Crippen molar-refractivity contribution in [3.05, 3.63) is 42.0 Å². The SMILES string of the molecule is CCOC1(OCC)CCCCC(Cc2c(OC)ccc3ccccc23)C1=O. The lowest BCUT2D eigenvalue weighted by atomic mass is 9.87. The fraction of sp³-hybridized carbons (Fsp3) is 0.522. The number of Topliss-reactive ketones (excluding diaryl/α,β-unsaturated/α-hetero) is 1. The van der Waals surface area contributed by atoms with Crippen LogP contribution < -0.4 is 4.74 Å². The Labute approximate surface area is 161 Å². The summed E-state index contributed by atoms with van der Waals surface area (Å²) in [5.41, 5.74) is 1.10. The zero-order chi connectivity index (χ0) is 19.3. The molecule has 1 fully saturated rings. The molecule has 0 aromatic heterocycles. The molecule has 0 spiro atoms. The van der Waals surface area contributed by atoms with Crippen LogP contribution in [-0.4, -0.2) is 31.9 Å². The Morgan fingerprint density at radius 3 is 2.48 bits per heavy atom.